The molecule has 1 atom stereocenters. The Hall–Kier alpha value is -1.33. The number of aromatic nitrogens is 1. The summed E-state index contributed by atoms with van der Waals surface area (Å²) in [6, 6.07) is 8.22. The van der Waals surface area contributed by atoms with E-state index in [2.05, 4.69) is 16.5 Å². The first kappa shape index (κ1) is 11.7. The number of hydrogen-bond donors (Lipinski definition) is 0. The van der Waals surface area contributed by atoms with Crippen LogP contribution in [0.3, 0.4) is 0 Å². The van der Waals surface area contributed by atoms with Crippen LogP contribution in [0.15, 0.2) is 30.5 Å². The van der Waals surface area contributed by atoms with E-state index in [1.54, 1.807) is 0 Å². The van der Waals surface area contributed by atoms with Crippen molar-refractivity contribution >= 4 is 15.6 Å². The quantitative estimate of drug-likeness (QED) is 0.778. The minimum Gasteiger partial charge on any atom is -0.321 e. The third kappa shape index (κ3) is 2.15. The molecule has 0 fully saturated rings. The van der Waals surface area contributed by atoms with Crippen LogP contribution in [0.25, 0.3) is 5.52 Å². The molecule has 2 aromatic rings. The van der Waals surface area contributed by atoms with Gasteiger partial charge in [-0.3, -0.25) is 4.18 Å². The van der Waals surface area contributed by atoms with Gasteiger partial charge in [-0.2, -0.15) is 8.42 Å². The largest absolute Gasteiger partial charge is 0.321 e. The molecule has 2 aromatic heterocycles. The highest BCUT2D eigenvalue weighted by molar-refractivity contribution is 7.86. The standard InChI is InChI=1S/C13H15NO3S/c1-18(15,16)17-12-6-5-10-8-11-4-2-3-7-14(11)13(10)9-12/h2-4,7-8,12H,5-6,9H2,1H3. The van der Waals surface area contributed by atoms with Gasteiger partial charge in [0, 0.05) is 23.8 Å². The van der Waals surface area contributed by atoms with Crippen LogP contribution in [0, 0.1) is 0 Å². The van der Waals surface area contributed by atoms with Crippen molar-refractivity contribution in [3.8, 4) is 0 Å². The van der Waals surface area contributed by atoms with Gasteiger partial charge in [-0.05, 0) is 36.6 Å². The molecule has 0 saturated carbocycles. The number of nitrogens with zero attached hydrogens (tertiary/aromatic N) is 1. The fourth-order valence-electron chi connectivity index (χ4n) is 2.65. The smallest absolute Gasteiger partial charge is 0.264 e. The Kier molecular flexibility index (Phi) is 2.68. The minimum absolute atomic E-state index is 0.231. The van der Waals surface area contributed by atoms with E-state index in [0.717, 1.165) is 24.6 Å². The Morgan fingerprint density at radius 2 is 2.22 bits per heavy atom. The van der Waals surface area contributed by atoms with Crippen molar-refractivity contribution in [3.63, 3.8) is 0 Å². The Morgan fingerprint density at radius 1 is 1.39 bits per heavy atom. The van der Waals surface area contributed by atoms with E-state index >= 15 is 0 Å². The van der Waals surface area contributed by atoms with Crippen molar-refractivity contribution in [2.24, 2.45) is 0 Å². The van der Waals surface area contributed by atoms with E-state index in [4.69, 9.17) is 4.18 Å². The number of hydrogen-bond acceptors (Lipinski definition) is 3. The summed E-state index contributed by atoms with van der Waals surface area (Å²) in [7, 11) is -3.37. The van der Waals surface area contributed by atoms with Gasteiger partial charge in [0.05, 0.1) is 12.4 Å². The average Bonchev–Trinajstić information content (AvgIpc) is 2.65. The molecule has 0 aliphatic heterocycles. The summed E-state index contributed by atoms with van der Waals surface area (Å²) in [5.41, 5.74) is 3.63. The first-order valence-electron chi connectivity index (χ1n) is 5.99. The first-order valence-corrected chi connectivity index (χ1v) is 7.81. The molecule has 5 heteroatoms. The van der Waals surface area contributed by atoms with Crippen molar-refractivity contribution < 1.29 is 12.6 Å². The third-order valence-corrected chi connectivity index (χ3v) is 3.96. The van der Waals surface area contributed by atoms with Gasteiger partial charge in [0.1, 0.15) is 0 Å². The lowest BCUT2D eigenvalue weighted by molar-refractivity contribution is 0.192. The summed E-state index contributed by atoms with van der Waals surface area (Å²) in [5.74, 6) is 0. The van der Waals surface area contributed by atoms with Crippen LogP contribution in [0.5, 0.6) is 0 Å². The van der Waals surface area contributed by atoms with Gasteiger partial charge in [0.15, 0.2) is 0 Å². The predicted molar refractivity (Wildman–Crippen MR) is 69.1 cm³/mol. The molecule has 3 rings (SSSR count). The highest BCUT2D eigenvalue weighted by Crippen LogP contribution is 2.27. The van der Waals surface area contributed by atoms with Crippen LogP contribution in [0.1, 0.15) is 17.7 Å². The molecular weight excluding hydrogens is 250 g/mol. The van der Waals surface area contributed by atoms with Gasteiger partial charge in [-0.25, -0.2) is 0 Å². The lowest BCUT2D eigenvalue weighted by atomic mass is 9.96. The van der Waals surface area contributed by atoms with Gasteiger partial charge in [0.25, 0.3) is 10.1 Å². The highest BCUT2D eigenvalue weighted by Gasteiger charge is 2.24. The Morgan fingerprint density at radius 3 is 3.00 bits per heavy atom. The second kappa shape index (κ2) is 4.10. The van der Waals surface area contributed by atoms with E-state index in [9.17, 15) is 8.42 Å². The van der Waals surface area contributed by atoms with Crippen LogP contribution in [0.2, 0.25) is 0 Å². The molecule has 4 nitrogen and oxygen atoms in total. The zero-order valence-electron chi connectivity index (χ0n) is 10.2. The number of pyridine rings is 1. The molecule has 0 spiro atoms. The molecule has 0 radical (unpaired) electrons. The third-order valence-electron chi connectivity index (χ3n) is 3.34. The van der Waals surface area contributed by atoms with Crippen molar-refractivity contribution in [1.82, 2.24) is 4.40 Å². The van der Waals surface area contributed by atoms with Crippen molar-refractivity contribution in [3.05, 3.63) is 41.7 Å². The summed E-state index contributed by atoms with van der Waals surface area (Å²) < 4.78 is 29.6. The number of fused-ring (bicyclic) bond motifs is 3. The maximum atomic E-state index is 11.2. The number of aryl methyl sites for hydroxylation is 1. The highest BCUT2D eigenvalue weighted by atomic mass is 32.2. The lowest BCUT2D eigenvalue weighted by Gasteiger charge is -2.21. The van der Waals surface area contributed by atoms with Gasteiger partial charge in [-0.15, -0.1) is 0 Å². The molecule has 18 heavy (non-hydrogen) atoms. The molecule has 1 aliphatic carbocycles. The summed E-state index contributed by atoms with van der Waals surface area (Å²) in [6.45, 7) is 0. The van der Waals surface area contributed by atoms with Crippen molar-refractivity contribution in [2.45, 2.75) is 25.4 Å². The minimum atomic E-state index is -3.37. The van der Waals surface area contributed by atoms with Gasteiger partial charge < -0.3 is 4.40 Å². The summed E-state index contributed by atoms with van der Waals surface area (Å²) >= 11 is 0. The molecule has 96 valence electrons. The second-order valence-corrected chi connectivity index (χ2v) is 6.38. The van der Waals surface area contributed by atoms with Crippen molar-refractivity contribution in [1.29, 1.82) is 0 Å². The normalized spacial score (nSPS) is 19.9. The molecule has 0 amide bonds. The predicted octanol–water partition coefficient (Wildman–Crippen LogP) is 1.77. The van der Waals surface area contributed by atoms with Crippen LogP contribution in [-0.4, -0.2) is 25.2 Å². The van der Waals surface area contributed by atoms with Crippen molar-refractivity contribution in [2.75, 3.05) is 6.26 Å². The SMILES string of the molecule is CS(=O)(=O)OC1CCc2cc3ccccn3c2C1. The molecule has 1 unspecified atom stereocenters. The molecule has 0 saturated heterocycles. The van der Waals surface area contributed by atoms with Crippen LogP contribution >= 0.6 is 0 Å². The fourth-order valence-corrected chi connectivity index (χ4v) is 3.30. The number of rotatable bonds is 2. The van der Waals surface area contributed by atoms with E-state index in [0.29, 0.717) is 6.42 Å². The monoisotopic (exact) mass is 265 g/mol. The maximum Gasteiger partial charge on any atom is 0.264 e. The van der Waals surface area contributed by atoms with Crippen LogP contribution < -0.4 is 0 Å². The summed E-state index contributed by atoms with van der Waals surface area (Å²) in [6.07, 6.45) is 5.18. The molecular formula is C13H15NO3S. The first-order chi connectivity index (χ1) is 8.53. The Balaban J connectivity index is 1.96. The Bertz CT molecular complexity index is 687. The molecule has 0 bridgehead atoms. The Labute approximate surface area is 106 Å². The van der Waals surface area contributed by atoms with E-state index in [-0.39, 0.29) is 6.10 Å². The zero-order valence-corrected chi connectivity index (χ0v) is 11.0. The molecule has 0 aromatic carbocycles. The maximum absolute atomic E-state index is 11.2. The van der Waals surface area contributed by atoms with E-state index in [1.165, 1.54) is 11.3 Å². The second-order valence-electron chi connectivity index (χ2n) is 4.78. The van der Waals surface area contributed by atoms with E-state index < -0.39 is 10.1 Å². The van der Waals surface area contributed by atoms with Gasteiger partial charge in [0.2, 0.25) is 0 Å². The summed E-state index contributed by atoms with van der Waals surface area (Å²) in [5, 5.41) is 0. The van der Waals surface area contributed by atoms with E-state index in [1.807, 2.05) is 18.3 Å². The molecule has 0 N–H and O–H groups in total. The van der Waals surface area contributed by atoms with Gasteiger partial charge in [-0.1, -0.05) is 6.07 Å². The topological polar surface area (TPSA) is 47.8 Å². The molecule has 1 aliphatic rings. The van der Waals surface area contributed by atoms with Crippen LogP contribution in [-0.2, 0) is 27.1 Å². The average molecular weight is 265 g/mol. The summed E-state index contributed by atoms with van der Waals surface area (Å²) in [4.78, 5) is 0. The zero-order chi connectivity index (χ0) is 12.8. The molecule has 2 heterocycles. The van der Waals surface area contributed by atoms with Gasteiger partial charge >= 0.3 is 0 Å². The fraction of sp³-hybridized carbons (Fsp3) is 0.385. The van der Waals surface area contributed by atoms with Crippen LogP contribution in [0.4, 0.5) is 0 Å². The lowest BCUT2D eigenvalue weighted by Crippen LogP contribution is -2.25.